The number of carbonyl (C=O) groups excluding carboxylic acids is 3. The zero-order valence-electron chi connectivity index (χ0n) is 20.8. The molecule has 38 heavy (non-hydrogen) atoms. The van der Waals surface area contributed by atoms with Gasteiger partial charge in [-0.3, -0.25) is 14.4 Å². The molecule has 2 aliphatic rings. The zero-order valence-corrected chi connectivity index (χ0v) is 21.6. The van der Waals surface area contributed by atoms with E-state index in [1.54, 1.807) is 6.07 Å². The van der Waals surface area contributed by atoms with Crippen LogP contribution in [0.4, 0.5) is 13.2 Å². The lowest BCUT2D eigenvalue weighted by Gasteiger charge is -2.39. The molecule has 5 rings (SSSR count). The fourth-order valence-electron chi connectivity index (χ4n) is 4.91. The molecule has 1 aromatic carbocycles. The summed E-state index contributed by atoms with van der Waals surface area (Å²) >= 11 is 1.24. The number of alkyl halides is 3. The highest BCUT2D eigenvalue weighted by atomic mass is 32.1. The molecule has 0 aliphatic carbocycles. The normalized spacial score (nSPS) is 20.3. The number of nitrogens with zero attached hydrogens (tertiary/aromatic N) is 3. The van der Waals surface area contributed by atoms with Crippen molar-refractivity contribution in [1.29, 1.82) is 0 Å². The van der Waals surface area contributed by atoms with Gasteiger partial charge >= 0.3 is 12.1 Å². The Morgan fingerprint density at radius 2 is 1.87 bits per heavy atom. The first-order valence-electron chi connectivity index (χ1n) is 12.2. The van der Waals surface area contributed by atoms with Crippen molar-refractivity contribution in [2.24, 2.45) is 0 Å². The number of hydrogen-bond donors (Lipinski definition) is 3. The molecule has 3 N–H and O–H groups in total. The number of piperidine rings is 1. The molecule has 0 saturated carbocycles. The van der Waals surface area contributed by atoms with Crippen molar-refractivity contribution in [2.75, 3.05) is 26.7 Å². The SMILES string of the molecule is Cc1ccc2[nH]c(C(=O)N[C@H]3CCN(C(=O)C(F)(F)F)C[C@H]3NC(=O)c3nc4c(s3)CN(C)CC4)cc2c1. The van der Waals surface area contributed by atoms with E-state index in [1.165, 1.54) is 11.3 Å². The van der Waals surface area contributed by atoms with Crippen LogP contribution in [0.1, 0.15) is 42.8 Å². The second-order valence-electron chi connectivity index (χ2n) is 9.85. The first-order valence-corrected chi connectivity index (χ1v) is 13.0. The number of amides is 3. The molecule has 0 radical (unpaired) electrons. The number of carbonyl (C=O) groups is 3. The molecule has 202 valence electrons. The van der Waals surface area contributed by atoms with E-state index in [9.17, 15) is 27.6 Å². The van der Waals surface area contributed by atoms with Crippen molar-refractivity contribution < 1.29 is 27.6 Å². The van der Waals surface area contributed by atoms with Crippen molar-refractivity contribution in [3.05, 3.63) is 51.1 Å². The van der Waals surface area contributed by atoms with Crippen LogP contribution in [0.15, 0.2) is 24.3 Å². The van der Waals surface area contributed by atoms with Gasteiger partial charge in [0, 0.05) is 48.4 Å². The molecule has 0 unspecified atom stereocenters. The largest absolute Gasteiger partial charge is 0.471 e. The number of nitrogens with one attached hydrogen (secondary N) is 3. The molecule has 2 aromatic heterocycles. The monoisotopic (exact) mass is 548 g/mol. The van der Waals surface area contributed by atoms with Gasteiger partial charge in [0.05, 0.1) is 17.8 Å². The Morgan fingerprint density at radius 1 is 1.11 bits per heavy atom. The Labute approximate surface area is 220 Å². The number of aryl methyl sites for hydroxylation is 1. The topological polar surface area (TPSA) is 110 Å². The predicted molar refractivity (Wildman–Crippen MR) is 135 cm³/mol. The quantitative estimate of drug-likeness (QED) is 0.465. The summed E-state index contributed by atoms with van der Waals surface area (Å²) in [6.07, 6.45) is -4.29. The molecule has 1 saturated heterocycles. The van der Waals surface area contributed by atoms with Crippen LogP contribution in [0, 0.1) is 6.92 Å². The van der Waals surface area contributed by atoms with Crippen molar-refractivity contribution in [1.82, 2.24) is 30.4 Å². The number of likely N-dealkylation sites (tertiary alicyclic amines) is 1. The Hall–Kier alpha value is -3.45. The summed E-state index contributed by atoms with van der Waals surface area (Å²) in [7, 11) is 1.97. The lowest BCUT2D eigenvalue weighted by atomic mass is 9.98. The molecule has 1 fully saturated rings. The summed E-state index contributed by atoms with van der Waals surface area (Å²) in [5, 5.41) is 6.64. The average Bonchev–Trinajstić information content (AvgIpc) is 3.47. The van der Waals surface area contributed by atoms with E-state index in [1.807, 2.05) is 32.2 Å². The maximum Gasteiger partial charge on any atom is 0.471 e. The van der Waals surface area contributed by atoms with Gasteiger partial charge < -0.3 is 25.4 Å². The van der Waals surface area contributed by atoms with Gasteiger partial charge in [0.1, 0.15) is 5.69 Å². The number of aromatic amines is 1. The Balaban J connectivity index is 1.35. The van der Waals surface area contributed by atoms with Crippen LogP contribution in [0.2, 0.25) is 0 Å². The van der Waals surface area contributed by atoms with Gasteiger partial charge in [0.15, 0.2) is 5.01 Å². The molecule has 13 heteroatoms. The van der Waals surface area contributed by atoms with Crippen molar-refractivity contribution >= 4 is 40.0 Å². The van der Waals surface area contributed by atoms with Crippen LogP contribution in [0.3, 0.4) is 0 Å². The number of halogens is 3. The van der Waals surface area contributed by atoms with E-state index in [-0.39, 0.29) is 18.0 Å². The Morgan fingerprint density at radius 3 is 2.63 bits per heavy atom. The van der Waals surface area contributed by atoms with E-state index in [2.05, 4.69) is 25.5 Å². The molecule has 3 aromatic rings. The molecule has 9 nitrogen and oxygen atoms in total. The third kappa shape index (κ3) is 5.39. The standard InChI is InChI=1S/C25H27F3N6O3S/c1-13-3-4-15-14(9-13)10-18(29-15)21(35)30-16-6-8-34(24(37)25(26,27)28)11-19(16)31-22(36)23-32-17-5-7-33(2)12-20(17)38-23/h3-4,9-10,16,19,29H,5-8,11-12H2,1-2H3,(H,30,35)(H,31,36)/t16-,19+/m0/s1. The molecular weight excluding hydrogens is 521 g/mol. The number of thiazole rings is 1. The van der Waals surface area contributed by atoms with Crippen LogP contribution < -0.4 is 10.6 Å². The second kappa shape index (κ2) is 10.0. The summed E-state index contributed by atoms with van der Waals surface area (Å²) in [5.74, 6) is -2.97. The molecule has 4 heterocycles. The second-order valence-corrected chi connectivity index (χ2v) is 10.9. The minimum absolute atomic E-state index is 0.0387. The first-order chi connectivity index (χ1) is 18.0. The minimum Gasteiger partial charge on any atom is -0.351 e. The van der Waals surface area contributed by atoms with Gasteiger partial charge in [0.25, 0.3) is 11.8 Å². The minimum atomic E-state index is -5.03. The van der Waals surface area contributed by atoms with Gasteiger partial charge in [-0.2, -0.15) is 13.2 Å². The zero-order chi connectivity index (χ0) is 27.2. The fourth-order valence-corrected chi connectivity index (χ4v) is 6.00. The van der Waals surface area contributed by atoms with E-state index >= 15 is 0 Å². The van der Waals surface area contributed by atoms with Crippen LogP contribution >= 0.6 is 11.3 Å². The first kappa shape index (κ1) is 26.2. The van der Waals surface area contributed by atoms with Gasteiger partial charge in [-0.25, -0.2) is 4.98 Å². The van der Waals surface area contributed by atoms with Crippen LogP contribution in [-0.2, 0) is 17.8 Å². The highest BCUT2D eigenvalue weighted by molar-refractivity contribution is 7.13. The molecule has 0 spiro atoms. The Kier molecular flexibility index (Phi) is 6.90. The molecular formula is C25H27F3N6O3S. The van der Waals surface area contributed by atoms with Gasteiger partial charge in [0.2, 0.25) is 0 Å². The smallest absolute Gasteiger partial charge is 0.351 e. The fraction of sp³-hybridized carbons (Fsp3) is 0.440. The van der Waals surface area contributed by atoms with Crippen molar-refractivity contribution in [3.63, 3.8) is 0 Å². The van der Waals surface area contributed by atoms with Crippen molar-refractivity contribution in [3.8, 4) is 0 Å². The predicted octanol–water partition coefficient (Wildman–Crippen LogP) is 2.61. The summed E-state index contributed by atoms with van der Waals surface area (Å²) in [4.78, 5) is 49.4. The summed E-state index contributed by atoms with van der Waals surface area (Å²) in [6.45, 7) is 2.82. The lowest BCUT2D eigenvalue weighted by Crippen LogP contribution is -2.62. The van der Waals surface area contributed by atoms with Crippen LogP contribution in [0.25, 0.3) is 10.9 Å². The summed E-state index contributed by atoms with van der Waals surface area (Å²) < 4.78 is 39.4. The maximum absolute atomic E-state index is 13.1. The number of fused-ring (bicyclic) bond motifs is 2. The molecule has 2 atom stereocenters. The lowest BCUT2D eigenvalue weighted by molar-refractivity contribution is -0.186. The summed E-state index contributed by atoms with van der Waals surface area (Å²) in [6, 6.07) is 5.76. The summed E-state index contributed by atoms with van der Waals surface area (Å²) in [5.41, 5.74) is 2.94. The number of benzene rings is 1. The maximum atomic E-state index is 13.1. The average molecular weight is 549 g/mol. The van der Waals surface area contributed by atoms with E-state index in [4.69, 9.17) is 0 Å². The van der Waals surface area contributed by atoms with Gasteiger partial charge in [-0.1, -0.05) is 11.6 Å². The van der Waals surface area contributed by atoms with E-state index in [0.717, 1.165) is 33.6 Å². The Bertz CT molecular complexity index is 1400. The van der Waals surface area contributed by atoms with Gasteiger partial charge in [-0.05, 0) is 38.6 Å². The number of hydrogen-bond acceptors (Lipinski definition) is 6. The number of H-pyrrole nitrogens is 1. The van der Waals surface area contributed by atoms with Gasteiger partial charge in [-0.15, -0.1) is 11.3 Å². The number of rotatable bonds is 4. The van der Waals surface area contributed by atoms with Crippen molar-refractivity contribution in [2.45, 2.75) is 44.6 Å². The molecule has 3 amide bonds. The van der Waals surface area contributed by atoms with E-state index in [0.29, 0.717) is 23.6 Å². The molecule has 2 aliphatic heterocycles. The number of likely N-dealkylation sites (N-methyl/N-ethyl adjacent to an activating group) is 1. The van der Waals surface area contributed by atoms with Crippen LogP contribution in [0.5, 0.6) is 0 Å². The third-order valence-electron chi connectivity index (χ3n) is 6.91. The third-order valence-corrected chi connectivity index (χ3v) is 7.99. The molecule has 0 bridgehead atoms. The number of aromatic nitrogens is 2. The van der Waals surface area contributed by atoms with Crippen LogP contribution in [-0.4, -0.2) is 82.4 Å². The van der Waals surface area contributed by atoms with E-state index < -0.39 is 42.5 Å². The highest BCUT2D eigenvalue weighted by Crippen LogP contribution is 2.26. The highest BCUT2D eigenvalue weighted by Gasteiger charge is 2.45.